The predicted molar refractivity (Wildman–Crippen MR) is 55.6 cm³/mol. The minimum absolute atomic E-state index is 0.0638. The molecule has 5 N–H and O–H groups in total. The Labute approximate surface area is 94.2 Å². The maximum Gasteiger partial charge on any atom is 0.154 e. The van der Waals surface area contributed by atoms with E-state index in [0.717, 1.165) is 20.8 Å². The highest BCUT2D eigenvalue weighted by atomic mass is 16.4. The maximum absolute atomic E-state index is 10.6. The number of hydrogen-bond acceptors (Lipinski definition) is 6. The highest BCUT2D eigenvalue weighted by Crippen LogP contribution is 2.31. The van der Waals surface area contributed by atoms with Gasteiger partial charge in [0, 0.05) is 0 Å². The lowest BCUT2D eigenvalue weighted by atomic mass is 9.74. The van der Waals surface area contributed by atoms with Crippen molar-refractivity contribution >= 4 is 6.29 Å². The highest BCUT2D eigenvalue weighted by molar-refractivity contribution is 5.64. The van der Waals surface area contributed by atoms with Crippen LogP contribution in [0.1, 0.15) is 27.7 Å². The van der Waals surface area contributed by atoms with Gasteiger partial charge in [0.1, 0.15) is 22.9 Å². The van der Waals surface area contributed by atoms with Crippen LogP contribution < -0.4 is 0 Å². The molecule has 0 heterocycles. The molecule has 0 amide bonds. The van der Waals surface area contributed by atoms with E-state index in [9.17, 15) is 30.3 Å². The molecule has 0 aromatic heterocycles. The fraction of sp³-hybridized carbons (Fsp3) is 0.900. The Morgan fingerprint density at radius 3 is 1.69 bits per heavy atom. The van der Waals surface area contributed by atoms with Gasteiger partial charge in [-0.15, -0.1) is 0 Å². The minimum atomic E-state index is -2.30. The zero-order chi connectivity index (χ0) is 13.4. The second kappa shape index (κ2) is 4.38. The monoisotopic (exact) mass is 236 g/mol. The number of aliphatic hydroxyl groups is 5. The van der Waals surface area contributed by atoms with E-state index in [1.54, 1.807) is 0 Å². The number of carbonyl (C=O) groups is 1. The molecule has 0 rings (SSSR count). The van der Waals surface area contributed by atoms with Crippen molar-refractivity contribution in [1.29, 1.82) is 0 Å². The van der Waals surface area contributed by atoms with Crippen LogP contribution in [-0.2, 0) is 4.79 Å². The Morgan fingerprint density at radius 2 is 1.44 bits per heavy atom. The van der Waals surface area contributed by atoms with Crippen LogP contribution in [0, 0.1) is 0 Å². The van der Waals surface area contributed by atoms with Crippen LogP contribution in [0.4, 0.5) is 0 Å². The smallest absolute Gasteiger partial charge is 0.154 e. The van der Waals surface area contributed by atoms with Gasteiger partial charge in [-0.2, -0.15) is 0 Å². The molecule has 1 unspecified atom stereocenters. The quantitative estimate of drug-likeness (QED) is 0.359. The molecule has 16 heavy (non-hydrogen) atoms. The standard InChI is InChI=1S/C10H20O6/c1-6(12)9(3,15)7(13)10(4,16)8(2,14)5-11/h5-7,12-16H,1-4H3/t6?,7-,8-,9+,10-/m0/s1. The number of aldehydes is 1. The molecule has 0 spiro atoms. The molecule has 6 heteroatoms. The van der Waals surface area contributed by atoms with E-state index in [0.29, 0.717) is 0 Å². The van der Waals surface area contributed by atoms with E-state index in [1.165, 1.54) is 6.92 Å². The molecule has 5 atom stereocenters. The first-order chi connectivity index (χ1) is 6.91. The third kappa shape index (κ3) is 2.41. The van der Waals surface area contributed by atoms with Gasteiger partial charge in [-0.1, -0.05) is 0 Å². The fourth-order valence-corrected chi connectivity index (χ4v) is 1.19. The average Bonchev–Trinajstić information content (AvgIpc) is 2.15. The largest absolute Gasteiger partial charge is 0.390 e. The number of aliphatic hydroxyl groups excluding tert-OH is 2. The molecule has 0 aliphatic heterocycles. The van der Waals surface area contributed by atoms with Gasteiger partial charge in [-0.3, -0.25) is 0 Å². The first-order valence-electron chi connectivity index (χ1n) is 4.90. The molecule has 0 aromatic carbocycles. The zero-order valence-electron chi connectivity index (χ0n) is 9.88. The molecule has 0 saturated carbocycles. The van der Waals surface area contributed by atoms with E-state index in [2.05, 4.69) is 0 Å². The second-order valence-corrected chi connectivity index (χ2v) is 4.72. The number of rotatable bonds is 5. The lowest BCUT2D eigenvalue weighted by Gasteiger charge is -2.45. The second-order valence-electron chi connectivity index (χ2n) is 4.72. The Balaban J connectivity index is 5.26. The van der Waals surface area contributed by atoms with Gasteiger partial charge < -0.3 is 30.3 Å². The lowest BCUT2D eigenvalue weighted by molar-refractivity contribution is -0.237. The van der Waals surface area contributed by atoms with Gasteiger partial charge in [0.15, 0.2) is 6.29 Å². The summed E-state index contributed by atoms with van der Waals surface area (Å²) in [6.07, 6.45) is -3.19. The van der Waals surface area contributed by atoms with Crippen LogP contribution in [0.3, 0.4) is 0 Å². The molecule has 0 fully saturated rings. The molecule has 0 aliphatic carbocycles. The summed E-state index contributed by atoms with van der Waals surface area (Å²) in [6.45, 7) is 4.32. The molecule has 0 bridgehead atoms. The average molecular weight is 236 g/mol. The maximum atomic E-state index is 10.6. The summed E-state index contributed by atoms with van der Waals surface area (Å²) < 4.78 is 0. The summed E-state index contributed by atoms with van der Waals surface area (Å²) >= 11 is 0. The van der Waals surface area contributed by atoms with Gasteiger partial charge >= 0.3 is 0 Å². The Kier molecular flexibility index (Phi) is 4.24. The van der Waals surface area contributed by atoms with E-state index in [-0.39, 0.29) is 6.29 Å². The van der Waals surface area contributed by atoms with Crippen molar-refractivity contribution in [1.82, 2.24) is 0 Å². The Hall–Kier alpha value is -0.530. The zero-order valence-corrected chi connectivity index (χ0v) is 9.88. The van der Waals surface area contributed by atoms with Gasteiger partial charge in [0.25, 0.3) is 0 Å². The Morgan fingerprint density at radius 1 is 1.06 bits per heavy atom. The van der Waals surface area contributed by atoms with Crippen molar-refractivity contribution in [3.63, 3.8) is 0 Å². The van der Waals surface area contributed by atoms with Crippen LogP contribution >= 0.6 is 0 Å². The van der Waals surface area contributed by atoms with Gasteiger partial charge in [0.2, 0.25) is 0 Å². The summed E-state index contributed by atoms with van der Waals surface area (Å²) in [7, 11) is 0. The van der Waals surface area contributed by atoms with Crippen LogP contribution in [0.2, 0.25) is 0 Å². The third-order valence-electron chi connectivity index (χ3n) is 3.19. The van der Waals surface area contributed by atoms with Crippen LogP contribution in [0.5, 0.6) is 0 Å². The molecule has 96 valence electrons. The SMILES string of the molecule is CC(O)[C@@](C)(O)[C@H](O)[C@](C)(O)[C@@](C)(O)C=O. The van der Waals surface area contributed by atoms with Crippen molar-refractivity contribution in [3.8, 4) is 0 Å². The van der Waals surface area contributed by atoms with E-state index in [4.69, 9.17) is 0 Å². The molecule has 0 saturated heterocycles. The summed E-state index contributed by atoms with van der Waals surface area (Å²) in [5.41, 5.74) is -6.60. The fourth-order valence-electron chi connectivity index (χ4n) is 1.19. The van der Waals surface area contributed by atoms with Crippen molar-refractivity contribution < 1.29 is 30.3 Å². The summed E-state index contributed by atoms with van der Waals surface area (Å²) in [4.78, 5) is 10.6. The van der Waals surface area contributed by atoms with E-state index in [1.807, 2.05) is 0 Å². The first kappa shape index (κ1) is 15.5. The Bertz CT molecular complexity index is 256. The molecule has 0 aromatic rings. The van der Waals surface area contributed by atoms with Crippen molar-refractivity contribution in [2.24, 2.45) is 0 Å². The van der Waals surface area contributed by atoms with Crippen LogP contribution in [0.25, 0.3) is 0 Å². The third-order valence-corrected chi connectivity index (χ3v) is 3.19. The molecule has 0 aliphatic rings. The van der Waals surface area contributed by atoms with Gasteiger partial charge in [-0.05, 0) is 27.7 Å². The normalized spacial score (nSPS) is 27.1. The van der Waals surface area contributed by atoms with Gasteiger partial charge in [0.05, 0.1) is 6.10 Å². The van der Waals surface area contributed by atoms with E-state index < -0.39 is 29.0 Å². The summed E-state index contributed by atoms with van der Waals surface area (Å²) in [6, 6.07) is 0. The van der Waals surface area contributed by atoms with Crippen molar-refractivity contribution in [3.05, 3.63) is 0 Å². The minimum Gasteiger partial charge on any atom is -0.390 e. The van der Waals surface area contributed by atoms with Crippen molar-refractivity contribution in [2.75, 3.05) is 0 Å². The number of hydrogen-bond donors (Lipinski definition) is 5. The predicted octanol–water partition coefficient (Wildman–Crippen LogP) is -1.82. The molecular weight excluding hydrogens is 216 g/mol. The van der Waals surface area contributed by atoms with E-state index >= 15 is 0 Å². The topological polar surface area (TPSA) is 118 Å². The summed E-state index contributed by atoms with van der Waals surface area (Å²) in [5, 5.41) is 48.3. The number of carbonyl (C=O) groups excluding carboxylic acids is 1. The highest BCUT2D eigenvalue weighted by Gasteiger charge is 2.55. The lowest BCUT2D eigenvalue weighted by Crippen LogP contribution is -2.67. The van der Waals surface area contributed by atoms with Crippen molar-refractivity contribution in [2.45, 2.75) is 56.7 Å². The molecule has 0 radical (unpaired) electrons. The van der Waals surface area contributed by atoms with Crippen LogP contribution in [-0.4, -0.2) is 60.8 Å². The van der Waals surface area contributed by atoms with Gasteiger partial charge in [-0.25, -0.2) is 0 Å². The van der Waals surface area contributed by atoms with Crippen LogP contribution in [0.15, 0.2) is 0 Å². The summed E-state index contributed by atoms with van der Waals surface area (Å²) in [5.74, 6) is 0. The molecular formula is C10H20O6. The molecule has 6 nitrogen and oxygen atoms in total. The first-order valence-corrected chi connectivity index (χ1v) is 4.90.